The molecule has 1 aromatic heterocycles. The quantitative estimate of drug-likeness (QED) is 0.239. The Morgan fingerprint density at radius 3 is 2.88 bits per heavy atom. The summed E-state index contributed by atoms with van der Waals surface area (Å²) in [5.74, 6) is 6.18. The molecule has 5 heteroatoms. The Labute approximate surface area is 191 Å². The molecule has 0 atom stereocenters. The molecular formula is C27H30N4O. The van der Waals surface area contributed by atoms with Crippen LogP contribution >= 0.6 is 0 Å². The van der Waals surface area contributed by atoms with E-state index in [0.29, 0.717) is 12.1 Å². The number of aliphatic imine (C=N–C) groups is 1. The number of carbonyl (C=O) groups is 1. The number of carbonyl (C=O) groups excluding carboxylic acids is 1. The highest BCUT2D eigenvalue weighted by atomic mass is 16.1. The first-order valence-corrected chi connectivity index (χ1v) is 10.7. The van der Waals surface area contributed by atoms with Crippen LogP contribution in [0.3, 0.4) is 0 Å². The molecule has 0 aliphatic rings. The van der Waals surface area contributed by atoms with E-state index in [2.05, 4.69) is 33.8 Å². The average Bonchev–Trinajstić information content (AvgIpc) is 3.35. The molecule has 1 amide bonds. The fourth-order valence-electron chi connectivity index (χ4n) is 2.77. The zero-order chi connectivity index (χ0) is 23.0. The number of rotatable bonds is 10. The third-order valence-electron chi connectivity index (χ3n) is 4.43. The van der Waals surface area contributed by atoms with E-state index in [9.17, 15) is 4.79 Å². The van der Waals surface area contributed by atoms with E-state index in [1.54, 1.807) is 35.3 Å². The number of hydrogen-bond donors (Lipinski definition) is 1. The topological polar surface area (TPSA) is 59.3 Å². The molecule has 0 saturated carbocycles. The fourth-order valence-corrected chi connectivity index (χ4v) is 2.77. The monoisotopic (exact) mass is 426 g/mol. The molecule has 0 fully saturated rings. The minimum atomic E-state index is -0.115. The molecule has 0 aliphatic carbocycles. The lowest BCUT2D eigenvalue weighted by Crippen LogP contribution is -2.24. The van der Waals surface area contributed by atoms with Gasteiger partial charge in [0.15, 0.2) is 0 Å². The second-order valence-corrected chi connectivity index (χ2v) is 6.85. The summed E-state index contributed by atoms with van der Waals surface area (Å²) in [5, 5.41) is 7.28. The summed E-state index contributed by atoms with van der Waals surface area (Å²) in [6.07, 6.45) is 19.3. The Bertz CT molecular complexity index is 1060. The number of nitrogens with one attached hydrogen (secondary N) is 1. The minimum absolute atomic E-state index is 0.115. The predicted molar refractivity (Wildman–Crippen MR) is 133 cm³/mol. The van der Waals surface area contributed by atoms with Crippen LogP contribution < -0.4 is 5.32 Å². The average molecular weight is 427 g/mol. The highest BCUT2D eigenvalue weighted by Gasteiger charge is 2.10. The van der Waals surface area contributed by atoms with Crippen LogP contribution in [0.1, 0.15) is 49.0 Å². The third-order valence-corrected chi connectivity index (χ3v) is 4.43. The van der Waals surface area contributed by atoms with Gasteiger partial charge in [0.05, 0.1) is 11.3 Å². The van der Waals surface area contributed by atoms with Gasteiger partial charge in [-0.2, -0.15) is 5.10 Å². The summed E-state index contributed by atoms with van der Waals surface area (Å²) < 4.78 is 1.74. The summed E-state index contributed by atoms with van der Waals surface area (Å²) in [5.41, 5.74) is 2.89. The molecule has 0 unspecified atom stereocenters. The molecule has 164 valence electrons. The summed E-state index contributed by atoms with van der Waals surface area (Å²) >= 11 is 0. The van der Waals surface area contributed by atoms with Crippen molar-refractivity contribution in [2.24, 2.45) is 4.99 Å². The molecule has 1 heterocycles. The minimum Gasteiger partial charge on any atom is -0.352 e. The zero-order valence-electron chi connectivity index (χ0n) is 18.8. The first-order chi connectivity index (χ1) is 15.7. The highest BCUT2D eigenvalue weighted by Crippen LogP contribution is 2.16. The van der Waals surface area contributed by atoms with Crippen molar-refractivity contribution in [3.05, 3.63) is 96.5 Å². The lowest BCUT2D eigenvalue weighted by Gasteiger charge is -2.09. The van der Waals surface area contributed by atoms with Crippen molar-refractivity contribution in [1.82, 2.24) is 15.1 Å². The van der Waals surface area contributed by atoms with Crippen LogP contribution in [0.5, 0.6) is 0 Å². The summed E-state index contributed by atoms with van der Waals surface area (Å²) in [4.78, 5) is 16.8. The van der Waals surface area contributed by atoms with Crippen LogP contribution in [0.15, 0.2) is 90.4 Å². The molecule has 0 radical (unpaired) electrons. The first-order valence-electron chi connectivity index (χ1n) is 10.7. The number of aromatic nitrogens is 2. The maximum atomic E-state index is 12.7. The standard InChI is InChI=1S/C27H30N4O/c1-4-7-12-23(6-3)13-14-24-22-25(15-16-26(24)31-21-11-20-30-31)27(32)29-19-10-8-9-18-28-17-5-2/h4-7,11-12,15-18,20-22H,3,8-10,19H2,1-2H3,(H,29,32)/b7-4-,17-5-,23-12+,28-18-. The van der Waals surface area contributed by atoms with Gasteiger partial charge >= 0.3 is 0 Å². The van der Waals surface area contributed by atoms with E-state index in [0.717, 1.165) is 36.1 Å². The van der Waals surface area contributed by atoms with Crippen molar-refractivity contribution >= 4 is 12.1 Å². The largest absolute Gasteiger partial charge is 0.352 e. The third kappa shape index (κ3) is 8.08. The Morgan fingerprint density at radius 1 is 1.28 bits per heavy atom. The van der Waals surface area contributed by atoms with E-state index in [-0.39, 0.29) is 5.91 Å². The molecule has 0 bridgehead atoms. The van der Waals surface area contributed by atoms with Gasteiger partial charge < -0.3 is 5.32 Å². The van der Waals surface area contributed by atoms with Gasteiger partial charge in [-0.15, -0.1) is 0 Å². The van der Waals surface area contributed by atoms with Crippen LogP contribution in [0.4, 0.5) is 0 Å². The highest BCUT2D eigenvalue weighted by molar-refractivity contribution is 5.95. The molecule has 2 aromatic rings. The van der Waals surface area contributed by atoms with E-state index < -0.39 is 0 Å². The van der Waals surface area contributed by atoms with Gasteiger partial charge in [-0.3, -0.25) is 9.79 Å². The van der Waals surface area contributed by atoms with Gasteiger partial charge in [0.2, 0.25) is 0 Å². The molecule has 5 nitrogen and oxygen atoms in total. The molecule has 0 spiro atoms. The second-order valence-electron chi connectivity index (χ2n) is 6.85. The summed E-state index contributed by atoms with van der Waals surface area (Å²) in [6.45, 7) is 8.31. The van der Waals surface area contributed by atoms with Gasteiger partial charge in [-0.25, -0.2) is 4.68 Å². The Morgan fingerprint density at radius 2 is 2.16 bits per heavy atom. The van der Waals surface area contributed by atoms with E-state index in [1.165, 1.54) is 0 Å². The molecule has 0 saturated heterocycles. The van der Waals surface area contributed by atoms with E-state index in [1.807, 2.05) is 62.7 Å². The zero-order valence-corrected chi connectivity index (χ0v) is 18.8. The van der Waals surface area contributed by atoms with Crippen molar-refractivity contribution in [2.75, 3.05) is 6.54 Å². The van der Waals surface area contributed by atoms with E-state index in [4.69, 9.17) is 0 Å². The fraction of sp³-hybridized carbons (Fsp3) is 0.222. The molecule has 0 aliphatic heterocycles. The Kier molecular flexibility index (Phi) is 10.8. The number of nitrogens with zero attached hydrogens (tertiary/aromatic N) is 3. The molecule has 1 aromatic carbocycles. The van der Waals surface area contributed by atoms with Crippen molar-refractivity contribution in [3.8, 4) is 17.5 Å². The smallest absolute Gasteiger partial charge is 0.251 e. The number of amides is 1. The van der Waals surface area contributed by atoms with Crippen molar-refractivity contribution < 1.29 is 4.79 Å². The SMILES string of the molecule is C=C/C(C#Cc1cc(C(=O)NCCCC/C=N\C=C/C)ccc1-n1cccn1)=C\C=C/C. The number of unbranched alkanes of at least 4 members (excludes halogenated alkanes) is 2. The van der Waals surface area contributed by atoms with Crippen molar-refractivity contribution in [3.63, 3.8) is 0 Å². The summed E-state index contributed by atoms with van der Waals surface area (Å²) in [6, 6.07) is 7.32. The molecular weight excluding hydrogens is 396 g/mol. The maximum absolute atomic E-state index is 12.7. The number of benzene rings is 1. The van der Waals surface area contributed by atoms with Crippen LogP contribution in [-0.2, 0) is 0 Å². The Balaban J connectivity index is 2.13. The van der Waals surface area contributed by atoms with Gasteiger partial charge in [0.1, 0.15) is 0 Å². The van der Waals surface area contributed by atoms with Crippen molar-refractivity contribution in [2.45, 2.75) is 33.1 Å². The van der Waals surface area contributed by atoms with E-state index >= 15 is 0 Å². The molecule has 2 rings (SSSR count). The van der Waals surface area contributed by atoms with Crippen molar-refractivity contribution in [1.29, 1.82) is 0 Å². The van der Waals surface area contributed by atoms with Crippen LogP contribution in [0.25, 0.3) is 5.69 Å². The maximum Gasteiger partial charge on any atom is 0.251 e. The first kappa shape index (κ1) is 24.4. The molecule has 1 N–H and O–H groups in total. The van der Waals surface area contributed by atoms with Crippen LogP contribution in [0, 0.1) is 11.8 Å². The van der Waals surface area contributed by atoms with Crippen LogP contribution in [-0.4, -0.2) is 28.4 Å². The normalized spacial score (nSPS) is 11.8. The van der Waals surface area contributed by atoms with Crippen LogP contribution in [0.2, 0.25) is 0 Å². The van der Waals surface area contributed by atoms with Gasteiger partial charge in [0.25, 0.3) is 5.91 Å². The van der Waals surface area contributed by atoms with Gasteiger partial charge in [0, 0.05) is 42.5 Å². The number of allylic oxidation sites excluding steroid dienone is 6. The Hall–Kier alpha value is -3.91. The predicted octanol–water partition coefficient (Wildman–Crippen LogP) is 5.42. The number of hydrogen-bond acceptors (Lipinski definition) is 3. The lowest BCUT2D eigenvalue weighted by atomic mass is 10.1. The lowest BCUT2D eigenvalue weighted by molar-refractivity contribution is 0.0953. The summed E-state index contributed by atoms with van der Waals surface area (Å²) in [7, 11) is 0. The van der Waals surface area contributed by atoms with Gasteiger partial charge in [-0.1, -0.05) is 42.7 Å². The molecule has 32 heavy (non-hydrogen) atoms. The second kappa shape index (κ2) is 14.2. The van der Waals surface area contributed by atoms with Gasteiger partial charge in [-0.05, 0) is 63.5 Å².